The molecule has 0 amide bonds. The molecule has 0 spiro atoms. The summed E-state index contributed by atoms with van der Waals surface area (Å²) >= 11 is 0. The fourth-order valence-electron chi connectivity index (χ4n) is 5.15. The van der Waals surface area contributed by atoms with Crippen LogP contribution in [0, 0.1) is 23.7 Å². The van der Waals surface area contributed by atoms with Crippen molar-refractivity contribution in [2.24, 2.45) is 23.7 Å². The van der Waals surface area contributed by atoms with Crippen molar-refractivity contribution in [3.63, 3.8) is 0 Å². The van der Waals surface area contributed by atoms with E-state index in [2.05, 4.69) is 41.5 Å². The highest BCUT2D eigenvalue weighted by atomic mass is 16.5. The van der Waals surface area contributed by atoms with Gasteiger partial charge in [-0.25, -0.2) is 0 Å². The summed E-state index contributed by atoms with van der Waals surface area (Å²) in [6.07, 6.45) is 24.6. The van der Waals surface area contributed by atoms with E-state index in [9.17, 15) is 9.59 Å². The third kappa shape index (κ3) is 26.9. The van der Waals surface area contributed by atoms with Crippen LogP contribution in [0.5, 0.6) is 0 Å². The van der Waals surface area contributed by atoms with Crippen molar-refractivity contribution < 1.29 is 19.1 Å². The lowest BCUT2D eigenvalue weighted by molar-refractivity contribution is -0.150. The van der Waals surface area contributed by atoms with Gasteiger partial charge in [-0.2, -0.15) is 0 Å². The lowest BCUT2D eigenvalue weighted by Crippen LogP contribution is -2.23. The van der Waals surface area contributed by atoms with Crippen LogP contribution in [0.25, 0.3) is 0 Å². The quantitative estimate of drug-likeness (QED) is 0.0715. The predicted octanol–water partition coefficient (Wildman–Crippen LogP) is 10.8. The summed E-state index contributed by atoms with van der Waals surface area (Å²) in [6.45, 7) is 14.4. The minimum Gasteiger partial charge on any atom is -0.466 e. The molecule has 0 N–H and O–H groups in total. The van der Waals surface area contributed by atoms with Gasteiger partial charge in [0.25, 0.3) is 0 Å². The second-order valence-electron chi connectivity index (χ2n) is 13.2. The van der Waals surface area contributed by atoms with Gasteiger partial charge in [0.1, 0.15) is 0 Å². The minimum atomic E-state index is -0.00954. The topological polar surface area (TPSA) is 52.6 Å². The summed E-state index contributed by atoms with van der Waals surface area (Å²) in [7, 11) is 0. The fourth-order valence-corrected chi connectivity index (χ4v) is 5.15. The molecule has 0 heterocycles. The lowest BCUT2D eigenvalue weighted by atomic mass is 9.90. The molecule has 0 radical (unpaired) electrons. The summed E-state index contributed by atoms with van der Waals surface area (Å²) in [5.41, 5.74) is 0. The van der Waals surface area contributed by atoms with Crippen molar-refractivity contribution >= 4 is 11.9 Å². The SMILES string of the molecule is CC(C)CCCCOC(=O)CCCCCCCCCCCCCCCC(C(=O)OCCCCC(C)C)C(C)C. The molecule has 4 nitrogen and oxygen atoms in total. The van der Waals surface area contributed by atoms with E-state index in [4.69, 9.17) is 9.47 Å². The van der Waals surface area contributed by atoms with Crippen molar-refractivity contribution in [1.29, 1.82) is 0 Å². The molecule has 232 valence electrons. The van der Waals surface area contributed by atoms with Crippen molar-refractivity contribution in [1.82, 2.24) is 0 Å². The predicted molar refractivity (Wildman–Crippen MR) is 167 cm³/mol. The second-order valence-corrected chi connectivity index (χ2v) is 13.2. The van der Waals surface area contributed by atoms with Crippen LogP contribution in [0.3, 0.4) is 0 Å². The number of hydrogen-bond donors (Lipinski definition) is 0. The number of carbonyl (C=O) groups is 2. The first kappa shape index (κ1) is 37.9. The average molecular weight is 553 g/mol. The summed E-state index contributed by atoms with van der Waals surface area (Å²) in [5.74, 6) is 1.90. The van der Waals surface area contributed by atoms with E-state index in [0.717, 1.165) is 63.2 Å². The Balaban J connectivity index is 3.49. The lowest BCUT2D eigenvalue weighted by Gasteiger charge is -2.19. The number of unbranched alkanes of at least 4 members (excludes halogenated alkanes) is 14. The Kier molecular flexibility index (Phi) is 26.4. The Bertz CT molecular complexity index is 555. The van der Waals surface area contributed by atoms with Gasteiger partial charge in [0.15, 0.2) is 0 Å². The first-order chi connectivity index (χ1) is 18.7. The Morgan fingerprint density at radius 3 is 1.28 bits per heavy atom. The molecule has 1 atom stereocenters. The maximum absolute atomic E-state index is 12.5. The van der Waals surface area contributed by atoms with E-state index in [1.807, 2.05) is 0 Å². The highest BCUT2D eigenvalue weighted by Gasteiger charge is 2.23. The molecule has 0 bridgehead atoms. The number of rotatable bonds is 28. The molecule has 0 saturated carbocycles. The van der Waals surface area contributed by atoms with Gasteiger partial charge in [-0.05, 0) is 56.3 Å². The van der Waals surface area contributed by atoms with Crippen LogP contribution in [0.4, 0.5) is 0 Å². The molecule has 0 fully saturated rings. The fraction of sp³-hybridized carbons (Fsp3) is 0.943. The molecular weight excluding hydrogens is 484 g/mol. The maximum atomic E-state index is 12.5. The van der Waals surface area contributed by atoms with Crippen LogP contribution in [0.1, 0.15) is 176 Å². The largest absolute Gasteiger partial charge is 0.466 e. The smallest absolute Gasteiger partial charge is 0.309 e. The molecule has 0 aromatic carbocycles. The van der Waals surface area contributed by atoms with Crippen molar-refractivity contribution in [2.75, 3.05) is 13.2 Å². The molecule has 39 heavy (non-hydrogen) atoms. The molecular formula is C35H68O4. The van der Waals surface area contributed by atoms with Gasteiger partial charge in [0.2, 0.25) is 0 Å². The van der Waals surface area contributed by atoms with E-state index < -0.39 is 0 Å². The van der Waals surface area contributed by atoms with Gasteiger partial charge in [-0.3, -0.25) is 9.59 Å². The van der Waals surface area contributed by atoms with Crippen LogP contribution in [-0.4, -0.2) is 25.2 Å². The summed E-state index contributed by atoms with van der Waals surface area (Å²) in [4.78, 5) is 24.3. The van der Waals surface area contributed by atoms with Gasteiger partial charge in [0, 0.05) is 6.42 Å². The zero-order valence-electron chi connectivity index (χ0n) is 27.2. The molecule has 1 unspecified atom stereocenters. The van der Waals surface area contributed by atoms with E-state index in [1.54, 1.807) is 0 Å². The highest BCUT2D eigenvalue weighted by molar-refractivity contribution is 5.72. The van der Waals surface area contributed by atoms with Crippen LogP contribution < -0.4 is 0 Å². The number of carbonyl (C=O) groups excluding carboxylic acids is 2. The van der Waals surface area contributed by atoms with Crippen LogP contribution in [0.15, 0.2) is 0 Å². The number of ether oxygens (including phenoxy) is 2. The molecule has 0 aliphatic heterocycles. The van der Waals surface area contributed by atoms with Gasteiger partial charge >= 0.3 is 11.9 Å². The van der Waals surface area contributed by atoms with E-state index in [0.29, 0.717) is 25.6 Å². The van der Waals surface area contributed by atoms with E-state index >= 15 is 0 Å². The summed E-state index contributed by atoms with van der Waals surface area (Å²) in [5, 5.41) is 0. The monoisotopic (exact) mass is 553 g/mol. The summed E-state index contributed by atoms with van der Waals surface area (Å²) in [6, 6.07) is 0. The first-order valence-corrected chi connectivity index (χ1v) is 17.1. The standard InChI is InChI=1S/C35H68O4/c1-30(2)24-20-22-28-38-34(36)27-19-17-15-13-11-9-7-8-10-12-14-16-18-26-33(32(5)6)35(37)39-29-23-21-25-31(3)4/h30-33H,7-29H2,1-6H3. The highest BCUT2D eigenvalue weighted by Crippen LogP contribution is 2.22. The zero-order valence-corrected chi connectivity index (χ0v) is 27.2. The van der Waals surface area contributed by atoms with Crippen molar-refractivity contribution in [3.8, 4) is 0 Å². The normalized spacial score (nSPS) is 12.4. The Hall–Kier alpha value is -1.06. The second kappa shape index (κ2) is 27.1. The maximum Gasteiger partial charge on any atom is 0.309 e. The summed E-state index contributed by atoms with van der Waals surface area (Å²) < 4.78 is 10.9. The Morgan fingerprint density at radius 2 is 0.846 bits per heavy atom. The van der Waals surface area contributed by atoms with E-state index in [-0.39, 0.29) is 17.9 Å². The van der Waals surface area contributed by atoms with Crippen LogP contribution in [0.2, 0.25) is 0 Å². The van der Waals surface area contributed by atoms with Crippen LogP contribution >= 0.6 is 0 Å². The van der Waals surface area contributed by atoms with E-state index in [1.165, 1.54) is 77.0 Å². The first-order valence-electron chi connectivity index (χ1n) is 17.1. The van der Waals surface area contributed by atoms with Crippen molar-refractivity contribution in [2.45, 2.75) is 176 Å². The molecule has 0 aromatic heterocycles. The number of esters is 2. The van der Waals surface area contributed by atoms with Gasteiger partial charge in [0.05, 0.1) is 19.1 Å². The Labute approximate surface area is 244 Å². The molecule has 0 saturated heterocycles. The average Bonchev–Trinajstić information content (AvgIpc) is 2.87. The van der Waals surface area contributed by atoms with Gasteiger partial charge in [-0.1, -0.05) is 131 Å². The molecule has 0 rings (SSSR count). The Morgan fingerprint density at radius 1 is 0.462 bits per heavy atom. The molecule has 0 aliphatic carbocycles. The minimum absolute atomic E-state index is 0.00954. The third-order valence-corrected chi connectivity index (χ3v) is 7.86. The van der Waals surface area contributed by atoms with Gasteiger partial charge in [-0.15, -0.1) is 0 Å². The van der Waals surface area contributed by atoms with Gasteiger partial charge < -0.3 is 9.47 Å². The molecule has 0 aromatic rings. The molecule has 0 aliphatic rings. The van der Waals surface area contributed by atoms with Crippen molar-refractivity contribution in [3.05, 3.63) is 0 Å². The molecule has 4 heteroatoms. The third-order valence-electron chi connectivity index (χ3n) is 7.86. The van der Waals surface area contributed by atoms with Crippen LogP contribution in [-0.2, 0) is 19.1 Å². The number of hydrogen-bond acceptors (Lipinski definition) is 4. The zero-order chi connectivity index (χ0) is 29.1.